The van der Waals surface area contributed by atoms with E-state index in [0.717, 1.165) is 12.8 Å². The highest BCUT2D eigenvalue weighted by atomic mass is 16.2. The van der Waals surface area contributed by atoms with Gasteiger partial charge in [-0.3, -0.25) is 9.59 Å². The van der Waals surface area contributed by atoms with Crippen molar-refractivity contribution in [2.75, 3.05) is 11.9 Å². The first-order valence-corrected chi connectivity index (χ1v) is 9.05. The van der Waals surface area contributed by atoms with Gasteiger partial charge in [-0.25, -0.2) is 0 Å². The minimum Gasteiger partial charge on any atom is -0.351 e. The molecule has 0 aromatic heterocycles. The summed E-state index contributed by atoms with van der Waals surface area (Å²) in [7, 11) is 0. The van der Waals surface area contributed by atoms with E-state index in [1.165, 1.54) is 5.56 Å². The van der Waals surface area contributed by atoms with E-state index in [1.54, 1.807) is 24.3 Å². The highest BCUT2D eigenvalue weighted by Gasteiger charge is 2.44. The maximum Gasteiger partial charge on any atom is 0.251 e. The predicted octanol–water partition coefficient (Wildman–Crippen LogP) is 4.13. The van der Waals surface area contributed by atoms with E-state index in [1.807, 2.05) is 39.0 Å². The fourth-order valence-electron chi connectivity index (χ4n) is 2.92. The van der Waals surface area contributed by atoms with Crippen LogP contribution in [-0.4, -0.2) is 18.4 Å². The Bertz CT molecular complexity index is 802. The molecule has 0 bridgehead atoms. The van der Waals surface area contributed by atoms with Crippen LogP contribution in [0, 0.1) is 5.41 Å². The van der Waals surface area contributed by atoms with E-state index in [9.17, 15) is 9.59 Å². The van der Waals surface area contributed by atoms with E-state index in [-0.39, 0.29) is 17.2 Å². The number of amides is 2. The summed E-state index contributed by atoms with van der Waals surface area (Å²) in [5, 5.41) is 5.93. The van der Waals surface area contributed by atoms with E-state index in [4.69, 9.17) is 0 Å². The Morgan fingerprint density at radius 2 is 1.69 bits per heavy atom. The number of hydrogen-bond acceptors (Lipinski definition) is 2. The second-order valence-electron chi connectivity index (χ2n) is 8.11. The average Bonchev–Trinajstić information content (AvgIpc) is 3.41. The molecule has 0 spiro atoms. The quantitative estimate of drug-likeness (QED) is 0.852. The molecule has 1 fully saturated rings. The Labute approximate surface area is 155 Å². The van der Waals surface area contributed by atoms with Gasteiger partial charge in [-0.05, 0) is 36.6 Å². The van der Waals surface area contributed by atoms with Crippen LogP contribution in [0.3, 0.4) is 0 Å². The van der Waals surface area contributed by atoms with Crippen molar-refractivity contribution >= 4 is 17.5 Å². The van der Waals surface area contributed by atoms with Crippen LogP contribution in [0.4, 0.5) is 5.69 Å². The Morgan fingerprint density at radius 1 is 1.00 bits per heavy atom. The first-order chi connectivity index (χ1) is 12.3. The Hall–Kier alpha value is -2.62. The standard InChI is InChI=1S/C22H26N2O2/c1-21(2,3)20(26)24-18-11-7-8-16(14-18)19(25)23-15-22(12-13-22)17-9-5-4-6-10-17/h4-11,14H,12-13,15H2,1-3H3,(H,23,25)(H,24,26). The lowest BCUT2D eigenvalue weighted by atomic mass is 9.95. The zero-order chi connectivity index (χ0) is 18.8. The van der Waals surface area contributed by atoms with Gasteiger partial charge in [-0.1, -0.05) is 57.2 Å². The highest BCUT2D eigenvalue weighted by Crippen LogP contribution is 2.47. The lowest BCUT2D eigenvalue weighted by Crippen LogP contribution is -2.32. The van der Waals surface area contributed by atoms with E-state index < -0.39 is 5.41 Å². The van der Waals surface area contributed by atoms with E-state index in [2.05, 4.69) is 22.8 Å². The van der Waals surface area contributed by atoms with Crippen molar-refractivity contribution in [2.24, 2.45) is 5.41 Å². The van der Waals surface area contributed by atoms with E-state index in [0.29, 0.717) is 17.8 Å². The molecule has 1 saturated carbocycles. The van der Waals surface area contributed by atoms with Gasteiger partial charge in [0, 0.05) is 28.6 Å². The summed E-state index contributed by atoms with van der Waals surface area (Å²) >= 11 is 0. The van der Waals surface area contributed by atoms with Crippen LogP contribution in [-0.2, 0) is 10.2 Å². The van der Waals surface area contributed by atoms with Crippen LogP contribution in [0.5, 0.6) is 0 Å². The van der Waals surface area contributed by atoms with Crippen LogP contribution in [0.15, 0.2) is 54.6 Å². The maximum absolute atomic E-state index is 12.6. The van der Waals surface area contributed by atoms with Crippen LogP contribution in [0.25, 0.3) is 0 Å². The molecular formula is C22H26N2O2. The van der Waals surface area contributed by atoms with Gasteiger partial charge < -0.3 is 10.6 Å². The number of rotatable bonds is 5. The summed E-state index contributed by atoms with van der Waals surface area (Å²) in [6, 6.07) is 17.4. The highest BCUT2D eigenvalue weighted by molar-refractivity contribution is 5.98. The molecule has 1 aliphatic carbocycles. The summed E-state index contributed by atoms with van der Waals surface area (Å²) < 4.78 is 0. The molecule has 4 heteroatoms. The molecular weight excluding hydrogens is 324 g/mol. The largest absolute Gasteiger partial charge is 0.351 e. The molecule has 3 rings (SSSR count). The molecule has 0 aliphatic heterocycles. The molecule has 0 saturated heterocycles. The monoisotopic (exact) mass is 350 g/mol. The van der Waals surface area contributed by atoms with Crippen molar-refractivity contribution in [3.8, 4) is 0 Å². The van der Waals surface area contributed by atoms with E-state index >= 15 is 0 Å². The zero-order valence-electron chi connectivity index (χ0n) is 15.6. The second-order valence-corrected chi connectivity index (χ2v) is 8.11. The van der Waals surface area contributed by atoms with Crippen molar-refractivity contribution in [2.45, 2.75) is 39.0 Å². The minimum absolute atomic E-state index is 0.0731. The molecule has 1 aliphatic rings. The minimum atomic E-state index is -0.480. The van der Waals surface area contributed by atoms with Gasteiger partial charge in [0.05, 0.1) is 0 Å². The number of carbonyl (C=O) groups is 2. The number of carbonyl (C=O) groups excluding carboxylic acids is 2. The fourth-order valence-corrected chi connectivity index (χ4v) is 2.92. The summed E-state index contributed by atoms with van der Waals surface area (Å²) in [5.41, 5.74) is 2.08. The molecule has 0 radical (unpaired) electrons. The molecule has 0 heterocycles. The third-order valence-corrected chi connectivity index (χ3v) is 4.89. The zero-order valence-corrected chi connectivity index (χ0v) is 15.6. The molecule has 26 heavy (non-hydrogen) atoms. The van der Waals surface area contributed by atoms with Gasteiger partial charge in [0.2, 0.25) is 5.91 Å². The van der Waals surface area contributed by atoms with Gasteiger partial charge >= 0.3 is 0 Å². The first kappa shape index (κ1) is 18.2. The summed E-state index contributed by atoms with van der Waals surface area (Å²) in [6.07, 6.45) is 2.19. The van der Waals surface area contributed by atoms with Gasteiger partial charge in [0.1, 0.15) is 0 Å². The molecule has 4 nitrogen and oxygen atoms in total. The topological polar surface area (TPSA) is 58.2 Å². The first-order valence-electron chi connectivity index (χ1n) is 9.05. The number of hydrogen-bond donors (Lipinski definition) is 2. The molecule has 2 amide bonds. The van der Waals surface area contributed by atoms with Crippen molar-refractivity contribution in [1.29, 1.82) is 0 Å². The molecule has 2 aromatic carbocycles. The van der Waals surface area contributed by atoms with Crippen molar-refractivity contribution in [1.82, 2.24) is 5.32 Å². The number of nitrogens with one attached hydrogen (secondary N) is 2. The Morgan fingerprint density at radius 3 is 2.31 bits per heavy atom. The average molecular weight is 350 g/mol. The molecule has 2 aromatic rings. The van der Waals surface area contributed by atoms with Gasteiger partial charge in [-0.2, -0.15) is 0 Å². The third kappa shape index (κ3) is 4.13. The van der Waals surface area contributed by atoms with Crippen LogP contribution in [0.2, 0.25) is 0 Å². The van der Waals surface area contributed by atoms with Crippen LogP contribution >= 0.6 is 0 Å². The van der Waals surface area contributed by atoms with Crippen molar-refractivity contribution in [3.63, 3.8) is 0 Å². The lowest BCUT2D eigenvalue weighted by molar-refractivity contribution is -0.123. The fraction of sp³-hybridized carbons (Fsp3) is 0.364. The summed E-state index contributed by atoms with van der Waals surface area (Å²) in [5.74, 6) is -0.185. The predicted molar refractivity (Wildman–Crippen MR) is 104 cm³/mol. The summed E-state index contributed by atoms with van der Waals surface area (Å²) in [6.45, 7) is 6.21. The molecule has 0 atom stereocenters. The normalized spacial score (nSPS) is 15.2. The summed E-state index contributed by atoms with van der Waals surface area (Å²) in [4.78, 5) is 24.7. The molecule has 0 unspecified atom stereocenters. The van der Waals surface area contributed by atoms with Gasteiger partial charge in [-0.15, -0.1) is 0 Å². The molecule has 136 valence electrons. The van der Waals surface area contributed by atoms with Crippen LogP contribution < -0.4 is 10.6 Å². The van der Waals surface area contributed by atoms with Crippen molar-refractivity contribution in [3.05, 3.63) is 65.7 Å². The Kier molecular flexibility index (Phi) is 4.86. The Balaban J connectivity index is 1.64. The molecule has 2 N–H and O–H groups in total. The SMILES string of the molecule is CC(C)(C)C(=O)Nc1cccc(C(=O)NCC2(c3ccccc3)CC2)c1. The third-order valence-electron chi connectivity index (χ3n) is 4.89. The number of anilines is 1. The van der Waals surface area contributed by atoms with Gasteiger partial charge in [0.25, 0.3) is 5.91 Å². The van der Waals surface area contributed by atoms with Gasteiger partial charge in [0.15, 0.2) is 0 Å². The smallest absolute Gasteiger partial charge is 0.251 e. The maximum atomic E-state index is 12.6. The number of benzene rings is 2. The second kappa shape index (κ2) is 6.94. The van der Waals surface area contributed by atoms with Crippen molar-refractivity contribution < 1.29 is 9.59 Å². The van der Waals surface area contributed by atoms with Crippen LogP contribution in [0.1, 0.15) is 49.5 Å². The lowest BCUT2D eigenvalue weighted by Gasteiger charge is -2.18.